The first kappa shape index (κ1) is 10.2. The summed E-state index contributed by atoms with van der Waals surface area (Å²) < 4.78 is 0.884. The van der Waals surface area contributed by atoms with E-state index in [1.54, 1.807) is 13.8 Å². The molecule has 0 radical (unpaired) electrons. The minimum Gasteiger partial charge on any atom is -0.623 e. The lowest BCUT2D eigenvalue weighted by atomic mass is 9.87. The second-order valence-electron chi connectivity index (χ2n) is 5.31. The minimum atomic E-state index is -0.556. The zero-order valence-corrected chi connectivity index (χ0v) is 8.97. The predicted octanol–water partition coefficient (Wildman–Crippen LogP) is 1.74. The Morgan fingerprint density at radius 2 is 1.85 bits per heavy atom. The van der Waals surface area contributed by atoms with Crippen LogP contribution in [0.5, 0.6) is 0 Å². The Morgan fingerprint density at radius 3 is 2.00 bits per heavy atom. The molecule has 3 heteroatoms. The molecule has 74 valence electrons. The van der Waals surface area contributed by atoms with Crippen LogP contribution in [0.3, 0.4) is 0 Å². The average Bonchev–Trinajstić information content (AvgIpc) is 1.99. The van der Waals surface area contributed by atoms with Crippen molar-refractivity contribution >= 4 is 11.5 Å². The van der Waals surface area contributed by atoms with E-state index < -0.39 is 5.54 Å². The number of hydrogen-bond acceptors (Lipinski definition) is 2. The van der Waals surface area contributed by atoms with E-state index >= 15 is 0 Å². The summed E-state index contributed by atoms with van der Waals surface area (Å²) in [6.45, 7) is 9.29. The second kappa shape index (κ2) is 2.56. The van der Waals surface area contributed by atoms with Crippen molar-refractivity contribution in [1.82, 2.24) is 0 Å². The summed E-state index contributed by atoms with van der Waals surface area (Å²) in [5.41, 5.74) is -0.482. The van der Waals surface area contributed by atoms with Gasteiger partial charge in [0.05, 0.1) is 11.8 Å². The van der Waals surface area contributed by atoms with Gasteiger partial charge in [0.1, 0.15) is 0 Å². The largest absolute Gasteiger partial charge is 0.623 e. The van der Waals surface area contributed by atoms with Crippen LogP contribution in [0.4, 0.5) is 0 Å². The van der Waals surface area contributed by atoms with Gasteiger partial charge in [-0.15, -0.1) is 0 Å². The van der Waals surface area contributed by atoms with Gasteiger partial charge in [-0.25, -0.2) is 4.74 Å². The SMILES string of the molecule is CC(C)(C)C1=[N+]([O-])C(C)(C)CC1=O. The van der Waals surface area contributed by atoms with Crippen LogP contribution in [-0.4, -0.2) is 21.8 Å². The van der Waals surface area contributed by atoms with Gasteiger partial charge in [0.2, 0.25) is 11.5 Å². The van der Waals surface area contributed by atoms with Gasteiger partial charge in [0, 0.05) is 13.8 Å². The van der Waals surface area contributed by atoms with Gasteiger partial charge >= 0.3 is 0 Å². The third-order valence-corrected chi connectivity index (χ3v) is 2.32. The van der Waals surface area contributed by atoms with Crippen molar-refractivity contribution in [2.45, 2.75) is 46.6 Å². The van der Waals surface area contributed by atoms with E-state index in [2.05, 4.69) is 0 Å². The van der Waals surface area contributed by atoms with E-state index in [1.807, 2.05) is 20.8 Å². The molecule has 0 atom stereocenters. The molecule has 0 amide bonds. The van der Waals surface area contributed by atoms with Crippen molar-refractivity contribution in [3.8, 4) is 0 Å². The van der Waals surface area contributed by atoms with Crippen molar-refractivity contribution in [2.24, 2.45) is 5.41 Å². The zero-order chi connectivity index (χ0) is 10.4. The highest BCUT2D eigenvalue weighted by atomic mass is 16.5. The van der Waals surface area contributed by atoms with Crippen molar-refractivity contribution in [3.63, 3.8) is 0 Å². The van der Waals surface area contributed by atoms with Crippen molar-refractivity contribution in [2.75, 3.05) is 0 Å². The van der Waals surface area contributed by atoms with Gasteiger partial charge in [0.15, 0.2) is 5.54 Å². The predicted molar refractivity (Wildman–Crippen MR) is 51.8 cm³/mol. The molecule has 1 aliphatic heterocycles. The molecule has 0 unspecified atom stereocenters. The first-order valence-electron chi connectivity index (χ1n) is 4.54. The molecule has 0 aromatic heterocycles. The summed E-state index contributed by atoms with van der Waals surface area (Å²) in [4.78, 5) is 11.6. The standard InChI is InChI=1S/C10H17NO2/c1-9(2,3)8-7(12)6-10(4,5)11(8)13/h6H2,1-5H3. The summed E-state index contributed by atoms with van der Waals surface area (Å²) >= 11 is 0. The fraction of sp³-hybridized carbons (Fsp3) is 0.800. The molecule has 13 heavy (non-hydrogen) atoms. The number of carbonyl (C=O) groups is 1. The second-order valence-corrected chi connectivity index (χ2v) is 5.31. The molecule has 0 fully saturated rings. The van der Waals surface area contributed by atoms with Gasteiger partial charge in [-0.2, -0.15) is 0 Å². The van der Waals surface area contributed by atoms with E-state index in [1.165, 1.54) is 0 Å². The first-order valence-corrected chi connectivity index (χ1v) is 4.54. The summed E-state index contributed by atoms with van der Waals surface area (Å²) in [7, 11) is 0. The third kappa shape index (κ3) is 1.60. The van der Waals surface area contributed by atoms with Crippen molar-refractivity contribution in [1.29, 1.82) is 0 Å². The molecule has 0 saturated heterocycles. The molecule has 0 bridgehead atoms. The molecule has 1 rings (SSSR count). The number of carbonyl (C=O) groups excluding carboxylic acids is 1. The van der Waals surface area contributed by atoms with Gasteiger partial charge in [-0.1, -0.05) is 20.8 Å². The minimum absolute atomic E-state index is 0.00694. The van der Waals surface area contributed by atoms with E-state index in [0.29, 0.717) is 12.1 Å². The molecule has 0 spiro atoms. The maximum atomic E-state index is 11.7. The van der Waals surface area contributed by atoms with Crippen LogP contribution in [0.15, 0.2) is 0 Å². The Labute approximate surface area is 79.0 Å². The summed E-state index contributed by atoms with van der Waals surface area (Å²) in [5.74, 6) is -0.00694. The molecule has 0 aliphatic carbocycles. The number of Topliss-reactive ketones (excluding diaryl/α,β-unsaturated/α-hetero) is 1. The van der Waals surface area contributed by atoms with Gasteiger partial charge < -0.3 is 5.21 Å². The zero-order valence-electron chi connectivity index (χ0n) is 8.97. The molecule has 1 heterocycles. The van der Waals surface area contributed by atoms with Gasteiger partial charge in [-0.05, 0) is 0 Å². The number of rotatable bonds is 0. The first-order chi connectivity index (χ1) is 5.66. The molecule has 0 aromatic rings. The van der Waals surface area contributed by atoms with E-state index in [4.69, 9.17) is 0 Å². The van der Waals surface area contributed by atoms with Crippen LogP contribution in [0.1, 0.15) is 41.0 Å². The maximum Gasteiger partial charge on any atom is 0.236 e. The maximum absolute atomic E-state index is 11.7. The summed E-state index contributed by atoms with van der Waals surface area (Å²) in [6, 6.07) is 0. The van der Waals surface area contributed by atoms with Gasteiger partial charge in [-0.3, -0.25) is 4.79 Å². The Bertz CT molecular complexity index is 282. The fourth-order valence-electron chi connectivity index (χ4n) is 1.69. The lowest BCUT2D eigenvalue weighted by Crippen LogP contribution is -2.34. The van der Waals surface area contributed by atoms with Crippen molar-refractivity contribution in [3.05, 3.63) is 5.21 Å². The smallest absolute Gasteiger partial charge is 0.236 e. The lowest BCUT2D eigenvalue weighted by molar-refractivity contribution is -0.533. The van der Waals surface area contributed by atoms with Gasteiger partial charge in [0.25, 0.3) is 0 Å². The number of nitrogens with zero attached hydrogens (tertiary/aromatic N) is 1. The monoisotopic (exact) mass is 183 g/mol. The molecule has 3 nitrogen and oxygen atoms in total. The number of hydroxylamine groups is 1. The molecular weight excluding hydrogens is 166 g/mol. The Hall–Kier alpha value is -0.860. The van der Waals surface area contributed by atoms with E-state index in [9.17, 15) is 10.0 Å². The van der Waals surface area contributed by atoms with Crippen LogP contribution < -0.4 is 0 Å². The Kier molecular flexibility index (Phi) is 2.02. The third-order valence-electron chi connectivity index (χ3n) is 2.32. The highest BCUT2D eigenvalue weighted by molar-refractivity contribution is 6.40. The van der Waals surface area contributed by atoms with Crippen molar-refractivity contribution < 1.29 is 9.53 Å². The summed E-state index contributed by atoms with van der Waals surface area (Å²) in [6.07, 6.45) is 0.336. The van der Waals surface area contributed by atoms with Crippen LogP contribution in [0.25, 0.3) is 0 Å². The number of hydrogen-bond donors (Lipinski definition) is 0. The number of ketones is 1. The van der Waals surface area contributed by atoms with Crippen LogP contribution >= 0.6 is 0 Å². The average molecular weight is 183 g/mol. The van der Waals surface area contributed by atoms with E-state index in [-0.39, 0.29) is 11.2 Å². The highest BCUT2D eigenvalue weighted by Crippen LogP contribution is 2.29. The van der Waals surface area contributed by atoms with Crippen LogP contribution in [-0.2, 0) is 4.79 Å². The normalized spacial score (nSPS) is 22.7. The Balaban J connectivity index is 3.22. The molecular formula is C10H17NO2. The quantitative estimate of drug-likeness (QED) is 0.424. The Morgan fingerprint density at radius 1 is 1.38 bits per heavy atom. The summed E-state index contributed by atoms with van der Waals surface area (Å²) in [5, 5.41) is 11.7. The fourth-order valence-corrected chi connectivity index (χ4v) is 1.69. The van der Waals surface area contributed by atoms with Crippen LogP contribution in [0.2, 0.25) is 0 Å². The van der Waals surface area contributed by atoms with E-state index in [0.717, 1.165) is 4.74 Å². The highest BCUT2D eigenvalue weighted by Gasteiger charge is 2.47. The topological polar surface area (TPSA) is 43.1 Å². The van der Waals surface area contributed by atoms with Crippen LogP contribution in [0, 0.1) is 10.6 Å². The molecule has 0 N–H and O–H groups in total. The molecule has 0 aromatic carbocycles. The lowest BCUT2D eigenvalue weighted by Gasteiger charge is -2.20. The molecule has 0 saturated carbocycles. The molecule has 1 aliphatic rings.